The van der Waals surface area contributed by atoms with Crippen LogP contribution < -0.4 is 0 Å². The third-order valence-electron chi connectivity index (χ3n) is 2.34. The first-order chi connectivity index (χ1) is 7.59. The van der Waals surface area contributed by atoms with Gasteiger partial charge in [0.1, 0.15) is 0 Å². The summed E-state index contributed by atoms with van der Waals surface area (Å²) in [5.41, 5.74) is 1.07. The monoisotopic (exact) mass is 220 g/mol. The molecule has 0 aliphatic carbocycles. The minimum absolute atomic E-state index is 0.244. The molecule has 1 aromatic rings. The zero-order valence-corrected chi connectivity index (χ0v) is 9.10. The number of esters is 2. The highest BCUT2D eigenvalue weighted by Gasteiger charge is 2.33. The molecule has 0 saturated carbocycles. The summed E-state index contributed by atoms with van der Waals surface area (Å²) in [6.07, 6.45) is -0.890. The third-order valence-corrected chi connectivity index (χ3v) is 2.34. The van der Waals surface area contributed by atoms with Crippen LogP contribution >= 0.6 is 0 Å². The minimum Gasteiger partial charge on any atom is -0.420 e. The molecule has 1 aliphatic heterocycles. The molecule has 2 rings (SSSR count). The minimum atomic E-state index is -0.890. The van der Waals surface area contributed by atoms with E-state index in [9.17, 15) is 9.59 Å². The van der Waals surface area contributed by atoms with Gasteiger partial charge in [-0.25, -0.2) is 4.79 Å². The fraction of sp³-hybridized carbons (Fsp3) is 0.333. The Kier molecular flexibility index (Phi) is 2.64. The number of fused-ring (bicyclic) bond motifs is 1. The van der Waals surface area contributed by atoms with E-state index in [0.29, 0.717) is 11.1 Å². The van der Waals surface area contributed by atoms with Gasteiger partial charge in [-0.15, -0.1) is 0 Å². The van der Waals surface area contributed by atoms with E-state index in [1.54, 1.807) is 38.1 Å². The fourth-order valence-corrected chi connectivity index (χ4v) is 1.44. The second-order valence-electron chi connectivity index (χ2n) is 3.92. The molecule has 1 atom stereocenters. The van der Waals surface area contributed by atoms with Crippen LogP contribution in [0.15, 0.2) is 24.3 Å². The molecule has 0 bridgehead atoms. The average Bonchev–Trinajstić information content (AvgIpc) is 2.57. The quantitative estimate of drug-likeness (QED) is 0.716. The lowest BCUT2D eigenvalue weighted by atomic mass is 10.1. The van der Waals surface area contributed by atoms with Gasteiger partial charge in [-0.2, -0.15) is 0 Å². The zero-order chi connectivity index (χ0) is 11.7. The van der Waals surface area contributed by atoms with Crippen molar-refractivity contribution in [2.24, 2.45) is 5.92 Å². The van der Waals surface area contributed by atoms with Crippen LogP contribution in [0.3, 0.4) is 0 Å². The van der Waals surface area contributed by atoms with Gasteiger partial charge in [0.05, 0.1) is 11.5 Å². The van der Waals surface area contributed by atoms with E-state index in [1.807, 2.05) is 0 Å². The molecule has 16 heavy (non-hydrogen) atoms. The topological polar surface area (TPSA) is 52.6 Å². The Morgan fingerprint density at radius 3 is 2.75 bits per heavy atom. The van der Waals surface area contributed by atoms with Crippen molar-refractivity contribution in [1.29, 1.82) is 0 Å². The van der Waals surface area contributed by atoms with Gasteiger partial charge in [0.25, 0.3) is 6.29 Å². The van der Waals surface area contributed by atoms with Crippen LogP contribution in [0.1, 0.15) is 36.1 Å². The maximum absolute atomic E-state index is 11.4. The van der Waals surface area contributed by atoms with Gasteiger partial charge in [-0.3, -0.25) is 4.79 Å². The van der Waals surface area contributed by atoms with Crippen molar-refractivity contribution in [2.45, 2.75) is 20.1 Å². The van der Waals surface area contributed by atoms with Crippen LogP contribution in [0, 0.1) is 5.92 Å². The molecule has 4 nitrogen and oxygen atoms in total. The second kappa shape index (κ2) is 3.96. The van der Waals surface area contributed by atoms with E-state index < -0.39 is 12.3 Å². The first-order valence-corrected chi connectivity index (χ1v) is 5.10. The molecule has 4 heteroatoms. The highest BCUT2D eigenvalue weighted by Crippen LogP contribution is 2.31. The van der Waals surface area contributed by atoms with E-state index in [1.165, 1.54) is 0 Å². The summed E-state index contributed by atoms with van der Waals surface area (Å²) in [4.78, 5) is 22.8. The maximum Gasteiger partial charge on any atom is 0.342 e. The van der Waals surface area contributed by atoms with Gasteiger partial charge >= 0.3 is 11.9 Å². The Labute approximate surface area is 93.2 Å². The molecule has 84 valence electrons. The number of hydrogen-bond acceptors (Lipinski definition) is 4. The normalized spacial score (nSPS) is 18.2. The second-order valence-corrected chi connectivity index (χ2v) is 3.92. The average molecular weight is 220 g/mol. The van der Waals surface area contributed by atoms with E-state index in [-0.39, 0.29) is 11.9 Å². The van der Waals surface area contributed by atoms with Crippen molar-refractivity contribution in [3.05, 3.63) is 35.4 Å². The van der Waals surface area contributed by atoms with Crippen molar-refractivity contribution in [1.82, 2.24) is 0 Å². The van der Waals surface area contributed by atoms with Gasteiger partial charge in [0, 0.05) is 5.56 Å². The van der Waals surface area contributed by atoms with Gasteiger partial charge < -0.3 is 9.47 Å². The lowest BCUT2D eigenvalue weighted by molar-refractivity contribution is -0.171. The predicted octanol–water partition coefficient (Wildman–Crippen LogP) is 2.05. The summed E-state index contributed by atoms with van der Waals surface area (Å²) in [7, 11) is 0. The van der Waals surface area contributed by atoms with Gasteiger partial charge in [0.15, 0.2) is 0 Å². The molecule has 0 fully saturated rings. The molecule has 1 aliphatic rings. The number of ether oxygens (including phenoxy) is 2. The highest BCUT2D eigenvalue weighted by molar-refractivity contribution is 5.94. The van der Waals surface area contributed by atoms with E-state index >= 15 is 0 Å². The van der Waals surface area contributed by atoms with Crippen molar-refractivity contribution < 1.29 is 19.1 Å². The number of benzene rings is 1. The van der Waals surface area contributed by atoms with Crippen molar-refractivity contribution >= 4 is 11.9 Å². The first-order valence-electron chi connectivity index (χ1n) is 5.10. The molecule has 0 unspecified atom stereocenters. The Morgan fingerprint density at radius 2 is 2.06 bits per heavy atom. The smallest absolute Gasteiger partial charge is 0.342 e. The van der Waals surface area contributed by atoms with Gasteiger partial charge in [0.2, 0.25) is 0 Å². The molecule has 0 spiro atoms. The Balaban J connectivity index is 2.21. The molecular weight excluding hydrogens is 208 g/mol. The van der Waals surface area contributed by atoms with E-state index in [4.69, 9.17) is 9.47 Å². The number of carbonyl (C=O) groups excluding carboxylic acids is 2. The highest BCUT2D eigenvalue weighted by atomic mass is 16.7. The molecule has 0 aromatic heterocycles. The molecule has 0 saturated heterocycles. The number of carbonyl (C=O) groups is 2. The number of rotatable bonds is 2. The molecular formula is C12H12O4. The predicted molar refractivity (Wildman–Crippen MR) is 55.5 cm³/mol. The summed E-state index contributed by atoms with van der Waals surface area (Å²) in [5, 5.41) is 0. The zero-order valence-electron chi connectivity index (χ0n) is 9.10. The Bertz CT molecular complexity index is 436. The van der Waals surface area contributed by atoms with Gasteiger partial charge in [-0.05, 0) is 6.07 Å². The SMILES string of the molecule is CC(C)C(=O)O[C@@H]1OC(=O)c2ccccc21. The summed E-state index contributed by atoms with van der Waals surface area (Å²) < 4.78 is 10.1. The number of hydrogen-bond donors (Lipinski definition) is 0. The van der Waals surface area contributed by atoms with Crippen LogP contribution in [0.25, 0.3) is 0 Å². The molecule has 1 heterocycles. The Hall–Kier alpha value is -1.84. The third kappa shape index (κ3) is 1.78. The van der Waals surface area contributed by atoms with Crippen LogP contribution in [-0.4, -0.2) is 11.9 Å². The summed E-state index contributed by atoms with van der Waals surface area (Å²) >= 11 is 0. The standard InChI is InChI=1S/C12H12O4/c1-7(2)10(13)15-12-9-6-4-3-5-8(9)11(14)16-12/h3-7,12H,1-2H3/t12-/m1/s1. The largest absolute Gasteiger partial charge is 0.420 e. The molecule has 0 N–H and O–H groups in total. The van der Waals surface area contributed by atoms with Crippen LogP contribution in [0.2, 0.25) is 0 Å². The lowest BCUT2D eigenvalue weighted by Gasteiger charge is -2.13. The molecule has 0 radical (unpaired) electrons. The van der Waals surface area contributed by atoms with Crippen LogP contribution in [0.5, 0.6) is 0 Å². The maximum atomic E-state index is 11.4. The summed E-state index contributed by atoms with van der Waals surface area (Å²) in [6, 6.07) is 6.89. The lowest BCUT2D eigenvalue weighted by Crippen LogP contribution is -2.16. The fourth-order valence-electron chi connectivity index (χ4n) is 1.44. The van der Waals surface area contributed by atoms with E-state index in [0.717, 1.165) is 0 Å². The van der Waals surface area contributed by atoms with Crippen LogP contribution in [0.4, 0.5) is 0 Å². The molecule has 0 amide bonds. The van der Waals surface area contributed by atoms with Crippen molar-refractivity contribution in [3.63, 3.8) is 0 Å². The van der Waals surface area contributed by atoms with Crippen LogP contribution in [-0.2, 0) is 14.3 Å². The Morgan fingerprint density at radius 1 is 1.38 bits per heavy atom. The number of cyclic esters (lactones) is 1. The first kappa shape index (κ1) is 10.7. The summed E-state index contributed by atoms with van der Waals surface area (Å²) in [6.45, 7) is 3.45. The molecule has 1 aromatic carbocycles. The summed E-state index contributed by atoms with van der Waals surface area (Å²) in [5.74, 6) is -1.07. The van der Waals surface area contributed by atoms with Crippen molar-refractivity contribution in [2.75, 3.05) is 0 Å². The van der Waals surface area contributed by atoms with E-state index in [2.05, 4.69) is 0 Å². The van der Waals surface area contributed by atoms with Crippen molar-refractivity contribution in [3.8, 4) is 0 Å². The van der Waals surface area contributed by atoms with Gasteiger partial charge in [-0.1, -0.05) is 32.0 Å².